The smallest absolute Gasteiger partial charge is 0.261 e. The fraction of sp³-hybridized carbons (Fsp3) is 0.643. The summed E-state index contributed by atoms with van der Waals surface area (Å²) in [5.41, 5.74) is 1.33. The van der Waals surface area contributed by atoms with Crippen molar-refractivity contribution in [3.63, 3.8) is 0 Å². The summed E-state index contributed by atoms with van der Waals surface area (Å²) in [5.74, 6) is 1.67. The second-order valence-corrected chi connectivity index (χ2v) is 7.76. The average molecular weight is 313 g/mol. The molecule has 20 heavy (non-hydrogen) atoms. The molecule has 1 unspecified atom stereocenters. The lowest BCUT2D eigenvalue weighted by molar-refractivity contribution is -0.137. The van der Waals surface area contributed by atoms with Crippen molar-refractivity contribution >= 4 is 29.0 Å². The molecule has 3 heterocycles. The zero-order valence-electron chi connectivity index (χ0n) is 11.7. The molecule has 0 spiro atoms. The van der Waals surface area contributed by atoms with Gasteiger partial charge in [0.1, 0.15) is 6.10 Å². The van der Waals surface area contributed by atoms with Gasteiger partial charge in [0.2, 0.25) is 0 Å². The second-order valence-electron chi connectivity index (χ2n) is 5.52. The van der Waals surface area contributed by atoms with Gasteiger partial charge < -0.3 is 14.8 Å². The number of hydrogen-bond donors (Lipinski definition) is 1. The maximum absolute atomic E-state index is 12.2. The molecule has 0 radical (unpaired) electrons. The van der Waals surface area contributed by atoms with E-state index in [1.54, 1.807) is 11.3 Å². The predicted octanol–water partition coefficient (Wildman–Crippen LogP) is 2.42. The molecule has 1 aromatic rings. The first kappa shape index (κ1) is 14.4. The highest BCUT2D eigenvalue weighted by Crippen LogP contribution is 2.31. The summed E-state index contributed by atoms with van der Waals surface area (Å²) in [6.07, 6.45) is 1.03. The number of nitrogens with one attached hydrogen (secondary N) is 1. The number of aryl methyl sites for hydroxylation is 1. The van der Waals surface area contributed by atoms with Crippen LogP contribution in [0.25, 0.3) is 0 Å². The van der Waals surface area contributed by atoms with Gasteiger partial charge in [0.25, 0.3) is 5.91 Å². The van der Waals surface area contributed by atoms with Crippen molar-refractivity contribution in [1.29, 1.82) is 0 Å². The maximum Gasteiger partial charge on any atom is 0.261 e. The van der Waals surface area contributed by atoms with Crippen molar-refractivity contribution in [2.24, 2.45) is 0 Å². The molecule has 0 bridgehead atoms. The minimum absolute atomic E-state index is 0.00251. The van der Waals surface area contributed by atoms with Crippen molar-refractivity contribution in [3.05, 3.63) is 21.4 Å². The molecule has 2 aliphatic rings. The second kappa shape index (κ2) is 5.67. The highest BCUT2D eigenvalue weighted by molar-refractivity contribution is 7.98. The molecule has 0 saturated carbocycles. The largest absolute Gasteiger partial charge is 0.349 e. The summed E-state index contributed by atoms with van der Waals surface area (Å²) >= 11 is 3.56. The first-order valence-electron chi connectivity index (χ1n) is 6.83. The van der Waals surface area contributed by atoms with Crippen LogP contribution in [-0.4, -0.2) is 36.7 Å². The van der Waals surface area contributed by atoms with Crippen LogP contribution in [0.4, 0.5) is 0 Å². The van der Waals surface area contributed by atoms with E-state index in [0.29, 0.717) is 13.2 Å². The summed E-state index contributed by atoms with van der Waals surface area (Å²) in [5, 5.41) is 2.95. The van der Waals surface area contributed by atoms with Crippen molar-refractivity contribution in [1.82, 2.24) is 5.32 Å². The topological polar surface area (TPSA) is 47.6 Å². The van der Waals surface area contributed by atoms with E-state index in [4.69, 9.17) is 9.47 Å². The van der Waals surface area contributed by atoms with E-state index in [9.17, 15) is 4.79 Å². The summed E-state index contributed by atoms with van der Waals surface area (Å²) in [4.78, 5) is 14.4. The van der Waals surface area contributed by atoms with Crippen LogP contribution in [0.1, 0.15) is 34.0 Å². The summed E-state index contributed by atoms with van der Waals surface area (Å²) in [6.45, 7) is 4.81. The van der Waals surface area contributed by atoms with Crippen LogP contribution in [0.3, 0.4) is 0 Å². The molecular weight excluding hydrogens is 294 g/mol. The lowest BCUT2D eigenvalue weighted by atomic mass is 10.2. The van der Waals surface area contributed by atoms with Crippen LogP contribution in [0, 0.1) is 0 Å². The molecule has 1 aromatic heterocycles. The van der Waals surface area contributed by atoms with Gasteiger partial charge >= 0.3 is 0 Å². The van der Waals surface area contributed by atoms with Crippen LogP contribution < -0.4 is 5.32 Å². The Kier molecular flexibility index (Phi) is 4.08. The van der Waals surface area contributed by atoms with Crippen LogP contribution in [0.2, 0.25) is 0 Å². The molecule has 1 fully saturated rings. The predicted molar refractivity (Wildman–Crippen MR) is 81.4 cm³/mol. The SMILES string of the molecule is CC1(C)OCC(CNC(=O)c2cc3c(s2)CCSC3)O1. The molecule has 1 amide bonds. The van der Waals surface area contributed by atoms with E-state index in [2.05, 4.69) is 5.32 Å². The minimum atomic E-state index is -0.533. The van der Waals surface area contributed by atoms with Crippen molar-refractivity contribution in [3.8, 4) is 0 Å². The van der Waals surface area contributed by atoms with E-state index >= 15 is 0 Å². The van der Waals surface area contributed by atoms with Gasteiger partial charge in [-0.1, -0.05) is 0 Å². The van der Waals surface area contributed by atoms with Gasteiger partial charge in [-0.25, -0.2) is 0 Å². The third-order valence-electron chi connectivity index (χ3n) is 3.41. The normalized spacial score (nSPS) is 24.4. The monoisotopic (exact) mass is 313 g/mol. The van der Waals surface area contributed by atoms with Crippen molar-refractivity contribution in [2.45, 2.75) is 37.9 Å². The Labute approximate surface area is 127 Å². The molecule has 1 saturated heterocycles. The molecule has 2 aliphatic heterocycles. The lowest BCUT2D eigenvalue weighted by Crippen LogP contribution is -2.34. The van der Waals surface area contributed by atoms with Crippen LogP contribution in [0.5, 0.6) is 0 Å². The molecule has 3 rings (SSSR count). The van der Waals surface area contributed by atoms with E-state index < -0.39 is 5.79 Å². The fourth-order valence-corrected chi connectivity index (χ4v) is 4.71. The molecule has 4 nitrogen and oxygen atoms in total. The summed E-state index contributed by atoms with van der Waals surface area (Å²) in [7, 11) is 0. The van der Waals surface area contributed by atoms with Crippen molar-refractivity contribution < 1.29 is 14.3 Å². The number of carbonyl (C=O) groups is 1. The lowest BCUT2D eigenvalue weighted by Gasteiger charge is -2.17. The number of thioether (sulfide) groups is 1. The maximum atomic E-state index is 12.2. The highest BCUT2D eigenvalue weighted by Gasteiger charge is 2.32. The van der Waals surface area contributed by atoms with Gasteiger partial charge in [-0.05, 0) is 37.7 Å². The Hall–Kier alpha value is -0.560. The Bertz CT molecular complexity index is 489. The van der Waals surface area contributed by atoms with E-state index in [-0.39, 0.29) is 12.0 Å². The molecule has 1 atom stereocenters. The zero-order chi connectivity index (χ0) is 14.2. The molecule has 110 valence electrons. The molecule has 1 N–H and O–H groups in total. The van der Waals surface area contributed by atoms with E-state index in [1.807, 2.05) is 31.7 Å². The standard InChI is InChI=1S/C14H19NO3S2/c1-14(2)17-7-10(18-14)6-15-13(16)12-5-9-8-19-4-3-11(9)20-12/h5,10H,3-4,6-8H2,1-2H3,(H,15,16). The Balaban J connectivity index is 1.56. The Morgan fingerprint density at radius 3 is 3.10 bits per heavy atom. The van der Waals surface area contributed by atoms with Crippen LogP contribution in [-0.2, 0) is 21.6 Å². The van der Waals surface area contributed by atoms with E-state index in [1.165, 1.54) is 10.4 Å². The van der Waals surface area contributed by atoms with E-state index in [0.717, 1.165) is 22.8 Å². The van der Waals surface area contributed by atoms with Gasteiger partial charge in [-0.2, -0.15) is 11.8 Å². The summed E-state index contributed by atoms with van der Waals surface area (Å²) < 4.78 is 11.2. The molecular formula is C14H19NO3S2. The van der Waals surface area contributed by atoms with Gasteiger partial charge in [0.15, 0.2) is 5.79 Å². The number of hydrogen-bond acceptors (Lipinski definition) is 5. The number of amides is 1. The first-order chi connectivity index (χ1) is 9.53. The third kappa shape index (κ3) is 3.19. The third-order valence-corrected chi connectivity index (χ3v) is 5.65. The van der Waals surface area contributed by atoms with Gasteiger partial charge in [-0.3, -0.25) is 4.79 Å². The number of carbonyl (C=O) groups excluding carboxylic acids is 1. The first-order valence-corrected chi connectivity index (χ1v) is 8.80. The molecule has 6 heteroatoms. The van der Waals surface area contributed by atoms with Gasteiger partial charge in [-0.15, -0.1) is 11.3 Å². The molecule has 0 aliphatic carbocycles. The van der Waals surface area contributed by atoms with Crippen molar-refractivity contribution in [2.75, 3.05) is 18.9 Å². The summed E-state index contributed by atoms with van der Waals surface area (Å²) in [6, 6.07) is 2.04. The Morgan fingerprint density at radius 2 is 2.40 bits per heavy atom. The minimum Gasteiger partial charge on any atom is -0.349 e. The van der Waals surface area contributed by atoms with Crippen LogP contribution in [0.15, 0.2) is 6.07 Å². The number of thiophene rings is 1. The molecule has 0 aromatic carbocycles. The number of rotatable bonds is 3. The average Bonchev–Trinajstić information content (AvgIpc) is 2.99. The fourth-order valence-electron chi connectivity index (χ4n) is 2.42. The number of ether oxygens (including phenoxy) is 2. The van der Waals surface area contributed by atoms with Crippen LogP contribution >= 0.6 is 23.1 Å². The zero-order valence-corrected chi connectivity index (χ0v) is 13.4. The highest BCUT2D eigenvalue weighted by atomic mass is 32.2. The van der Waals surface area contributed by atoms with Gasteiger partial charge in [0, 0.05) is 17.2 Å². The number of fused-ring (bicyclic) bond motifs is 1. The van der Waals surface area contributed by atoms with Gasteiger partial charge in [0.05, 0.1) is 11.5 Å². The quantitative estimate of drug-likeness (QED) is 0.931. The Morgan fingerprint density at radius 1 is 1.55 bits per heavy atom.